The van der Waals surface area contributed by atoms with E-state index >= 15 is 0 Å². The Bertz CT molecular complexity index is 1960. The van der Waals surface area contributed by atoms with Gasteiger partial charge in [-0.1, -0.05) is 103 Å². The van der Waals surface area contributed by atoms with E-state index in [1.165, 1.54) is 65.7 Å². The zero-order chi connectivity index (χ0) is 24.3. The summed E-state index contributed by atoms with van der Waals surface area (Å²) in [5.74, 6) is 0. The van der Waals surface area contributed by atoms with Gasteiger partial charge in [-0.25, -0.2) is 0 Å². The lowest BCUT2D eigenvalue weighted by atomic mass is 9.85. The minimum absolute atomic E-state index is 0.955. The Morgan fingerprint density at radius 1 is 0.514 bits per heavy atom. The first kappa shape index (κ1) is 20.6. The fourth-order valence-corrected chi connectivity index (χ4v) is 6.33. The molecule has 1 aliphatic carbocycles. The number of furan rings is 1. The highest BCUT2D eigenvalue weighted by atomic mass is 16.3. The van der Waals surface area contributed by atoms with Crippen LogP contribution in [0.4, 0.5) is 0 Å². The van der Waals surface area contributed by atoms with Crippen molar-refractivity contribution in [1.82, 2.24) is 0 Å². The van der Waals surface area contributed by atoms with Gasteiger partial charge in [-0.15, -0.1) is 0 Å². The lowest BCUT2D eigenvalue weighted by Crippen LogP contribution is -1.94. The molecule has 1 aromatic heterocycles. The zero-order valence-corrected chi connectivity index (χ0v) is 20.4. The van der Waals surface area contributed by atoms with E-state index in [2.05, 4.69) is 121 Å². The van der Waals surface area contributed by atoms with Gasteiger partial charge < -0.3 is 4.42 Å². The van der Waals surface area contributed by atoms with Gasteiger partial charge in [0.15, 0.2) is 0 Å². The van der Waals surface area contributed by atoms with E-state index < -0.39 is 0 Å². The van der Waals surface area contributed by atoms with Crippen LogP contribution in [0.1, 0.15) is 17.5 Å². The van der Waals surface area contributed by atoms with Crippen molar-refractivity contribution in [2.45, 2.75) is 12.8 Å². The second-order valence-corrected chi connectivity index (χ2v) is 9.97. The van der Waals surface area contributed by atoms with Crippen molar-refractivity contribution in [1.29, 1.82) is 0 Å². The Morgan fingerprint density at radius 2 is 1.14 bits per heavy atom. The van der Waals surface area contributed by atoms with Crippen molar-refractivity contribution >= 4 is 49.6 Å². The number of benzene rings is 6. The fraction of sp³-hybridized carbons (Fsp3) is 0.0556. The molecule has 0 fully saturated rings. The van der Waals surface area contributed by atoms with Crippen molar-refractivity contribution in [3.8, 4) is 22.3 Å². The van der Waals surface area contributed by atoms with E-state index in [4.69, 9.17) is 4.42 Å². The number of fused-ring (bicyclic) bond motifs is 7. The normalized spacial score (nSPS) is 13.1. The van der Waals surface area contributed by atoms with Crippen LogP contribution in [0.2, 0.25) is 0 Å². The third kappa shape index (κ3) is 3.04. The van der Waals surface area contributed by atoms with Gasteiger partial charge in [-0.3, -0.25) is 0 Å². The van der Waals surface area contributed by atoms with Crippen LogP contribution in [0.25, 0.3) is 71.8 Å². The highest BCUT2D eigenvalue weighted by Crippen LogP contribution is 2.45. The van der Waals surface area contributed by atoms with Crippen LogP contribution in [0, 0.1) is 0 Å². The summed E-state index contributed by atoms with van der Waals surface area (Å²) >= 11 is 0. The number of aryl methyl sites for hydroxylation is 1. The van der Waals surface area contributed by atoms with Crippen molar-refractivity contribution in [3.05, 3.63) is 126 Å². The fourth-order valence-electron chi connectivity index (χ4n) is 6.33. The molecule has 7 aromatic rings. The van der Waals surface area contributed by atoms with Gasteiger partial charge in [-0.05, 0) is 86.0 Å². The molecule has 1 heteroatoms. The second kappa shape index (κ2) is 7.94. The van der Waals surface area contributed by atoms with Crippen molar-refractivity contribution < 1.29 is 4.42 Å². The Morgan fingerprint density at radius 3 is 1.84 bits per heavy atom. The largest absolute Gasteiger partial charge is 0.456 e. The van der Waals surface area contributed by atoms with Crippen molar-refractivity contribution in [2.24, 2.45) is 0 Å². The van der Waals surface area contributed by atoms with Gasteiger partial charge >= 0.3 is 0 Å². The average Bonchev–Trinajstić information content (AvgIpc) is 3.35. The Balaban J connectivity index is 1.49. The summed E-state index contributed by atoms with van der Waals surface area (Å²) in [5.41, 5.74) is 9.72. The highest BCUT2D eigenvalue weighted by Gasteiger charge is 2.19. The molecule has 0 amide bonds. The first-order valence-electron chi connectivity index (χ1n) is 13.0. The highest BCUT2D eigenvalue weighted by molar-refractivity contribution is 6.22. The molecule has 0 atom stereocenters. The monoisotopic (exact) mass is 472 g/mol. The quantitative estimate of drug-likeness (QED) is 0.228. The molecular formula is C36H24O. The molecule has 0 bridgehead atoms. The van der Waals surface area contributed by atoms with Gasteiger partial charge in [0, 0.05) is 10.8 Å². The molecule has 0 aliphatic heterocycles. The maximum atomic E-state index is 6.34. The SMILES string of the molecule is C1=Cc2ccc3oc4ccc(-c5c6ccccc6c(-c6ccccc6)c6ccccc56)cc4c3c2CC1. The Kier molecular flexibility index (Phi) is 4.41. The molecule has 0 radical (unpaired) electrons. The molecule has 37 heavy (non-hydrogen) atoms. The Hall–Kier alpha value is -4.62. The lowest BCUT2D eigenvalue weighted by Gasteiger charge is -2.17. The number of rotatable bonds is 2. The van der Waals surface area contributed by atoms with E-state index in [1.54, 1.807) is 0 Å². The predicted molar refractivity (Wildman–Crippen MR) is 157 cm³/mol. The minimum Gasteiger partial charge on any atom is -0.456 e. The lowest BCUT2D eigenvalue weighted by molar-refractivity contribution is 0.668. The summed E-state index contributed by atoms with van der Waals surface area (Å²) in [4.78, 5) is 0. The number of allylic oxidation sites excluding steroid dienone is 1. The van der Waals surface area contributed by atoms with Crippen LogP contribution in [0.15, 0.2) is 120 Å². The van der Waals surface area contributed by atoms with Crippen LogP contribution < -0.4 is 0 Å². The Labute approximate surface area is 215 Å². The summed E-state index contributed by atoms with van der Waals surface area (Å²) in [7, 11) is 0. The average molecular weight is 473 g/mol. The van der Waals surface area contributed by atoms with Crippen LogP contribution in [0.3, 0.4) is 0 Å². The van der Waals surface area contributed by atoms with Gasteiger partial charge in [0.25, 0.3) is 0 Å². The predicted octanol–water partition coefficient (Wildman–Crippen LogP) is 10.2. The first-order valence-corrected chi connectivity index (χ1v) is 13.0. The molecule has 0 spiro atoms. The third-order valence-electron chi connectivity index (χ3n) is 7.92. The summed E-state index contributed by atoms with van der Waals surface area (Å²) in [5, 5.41) is 7.59. The molecular weight excluding hydrogens is 448 g/mol. The summed E-state index contributed by atoms with van der Waals surface area (Å²) in [6, 6.07) is 39.5. The molecule has 0 N–H and O–H groups in total. The molecule has 8 rings (SSSR count). The standard InChI is InChI=1S/C36H24O/c1-2-11-24(12-3-1)34-27-14-6-8-16-29(27)35(30-17-9-7-15-28(30)34)25-19-20-32-31(22-25)36-26-13-5-4-10-23(26)18-21-33(36)37-32/h1-4,6-12,14-22H,5,13H2. The topological polar surface area (TPSA) is 13.1 Å². The van der Waals surface area contributed by atoms with E-state index in [0.717, 1.165) is 24.0 Å². The maximum Gasteiger partial charge on any atom is 0.135 e. The molecule has 0 saturated carbocycles. The smallest absolute Gasteiger partial charge is 0.135 e. The molecule has 6 aromatic carbocycles. The minimum atomic E-state index is 0.955. The third-order valence-corrected chi connectivity index (χ3v) is 7.92. The molecule has 0 unspecified atom stereocenters. The first-order chi connectivity index (χ1) is 18.4. The van der Waals surface area contributed by atoms with E-state index in [9.17, 15) is 0 Å². The van der Waals surface area contributed by atoms with E-state index in [1.807, 2.05) is 0 Å². The van der Waals surface area contributed by atoms with Gasteiger partial charge in [0.1, 0.15) is 11.2 Å². The summed E-state index contributed by atoms with van der Waals surface area (Å²) < 4.78 is 6.34. The number of hydrogen-bond donors (Lipinski definition) is 0. The van der Waals surface area contributed by atoms with Crippen LogP contribution in [-0.2, 0) is 6.42 Å². The molecule has 174 valence electrons. The molecule has 1 nitrogen and oxygen atoms in total. The van der Waals surface area contributed by atoms with Crippen molar-refractivity contribution in [2.75, 3.05) is 0 Å². The summed E-state index contributed by atoms with van der Waals surface area (Å²) in [6.07, 6.45) is 6.66. The van der Waals surface area contributed by atoms with Crippen LogP contribution in [-0.4, -0.2) is 0 Å². The molecule has 1 aliphatic rings. The van der Waals surface area contributed by atoms with Crippen LogP contribution in [0.5, 0.6) is 0 Å². The summed E-state index contributed by atoms with van der Waals surface area (Å²) in [6.45, 7) is 0. The maximum absolute atomic E-state index is 6.34. The van der Waals surface area contributed by atoms with E-state index in [-0.39, 0.29) is 0 Å². The van der Waals surface area contributed by atoms with Gasteiger partial charge in [-0.2, -0.15) is 0 Å². The number of hydrogen-bond acceptors (Lipinski definition) is 1. The van der Waals surface area contributed by atoms with Gasteiger partial charge in [0.05, 0.1) is 0 Å². The molecule has 0 saturated heterocycles. The van der Waals surface area contributed by atoms with Crippen molar-refractivity contribution in [3.63, 3.8) is 0 Å². The van der Waals surface area contributed by atoms with E-state index in [0.29, 0.717) is 0 Å². The van der Waals surface area contributed by atoms with Gasteiger partial charge in [0.2, 0.25) is 0 Å². The van der Waals surface area contributed by atoms with Crippen LogP contribution >= 0.6 is 0 Å². The zero-order valence-electron chi connectivity index (χ0n) is 20.4. The molecule has 1 heterocycles. The second-order valence-electron chi connectivity index (χ2n) is 9.97.